The van der Waals surface area contributed by atoms with Gasteiger partial charge in [0.2, 0.25) is 0 Å². The van der Waals surface area contributed by atoms with Gasteiger partial charge in [0, 0.05) is 11.6 Å². The van der Waals surface area contributed by atoms with Gasteiger partial charge < -0.3 is 10.1 Å². The summed E-state index contributed by atoms with van der Waals surface area (Å²) in [5.41, 5.74) is 5.66. The molecule has 0 saturated heterocycles. The summed E-state index contributed by atoms with van der Waals surface area (Å²) in [5, 5.41) is 3.86. The van der Waals surface area contributed by atoms with Gasteiger partial charge in [-0.3, -0.25) is 0 Å². The summed E-state index contributed by atoms with van der Waals surface area (Å²) in [4.78, 5) is 0. The SMILES string of the molecule is COc1ccc2c(c1)[C@@H]1Cc3ccccc3[C@]1(C(C)C)N2. The monoisotopic (exact) mass is 279 g/mol. The minimum atomic E-state index is 0.0330. The predicted molar refractivity (Wildman–Crippen MR) is 86.0 cm³/mol. The average Bonchev–Trinajstić information content (AvgIpc) is 2.99. The van der Waals surface area contributed by atoms with Gasteiger partial charge in [-0.2, -0.15) is 0 Å². The van der Waals surface area contributed by atoms with Crippen molar-refractivity contribution in [1.29, 1.82) is 0 Å². The fourth-order valence-corrected chi connectivity index (χ4v) is 4.33. The van der Waals surface area contributed by atoms with Gasteiger partial charge in [-0.15, -0.1) is 0 Å². The third kappa shape index (κ3) is 1.53. The molecule has 2 aliphatic rings. The lowest BCUT2D eigenvalue weighted by Crippen LogP contribution is -2.39. The van der Waals surface area contributed by atoms with Crippen LogP contribution in [0.3, 0.4) is 0 Å². The van der Waals surface area contributed by atoms with Gasteiger partial charge in [-0.05, 0) is 47.2 Å². The van der Waals surface area contributed by atoms with Crippen molar-refractivity contribution in [1.82, 2.24) is 0 Å². The molecule has 1 aliphatic heterocycles. The van der Waals surface area contributed by atoms with E-state index in [1.54, 1.807) is 7.11 Å². The van der Waals surface area contributed by atoms with Gasteiger partial charge in [0.25, 0.3) is 0 Å². The van der Waals surface area contributed by atoms with Crippen LogP contribution in [-0.4, -0.2) is 7.11 Å². The number of anilines is 1. The molecule has 4 rings (SSSR count). The van der Waals surface area contributed by atoms with Crippen LogP contribution >= 0.6 is 0 Å². The Morgan fingerprint density at radius 3 is 2.76 bits per heavy atom. The molecule has 1 heterocycles. The molecule has 2 atom stereocenters. The number of nitrogens with one attached hydrogen (secondary N) is 1. The number of ether oxygens (including phenoxy) is 1. The Morgan fingerprint density at radius 2 is 2.00 bits per heavy atom. The molecule has 2 aromatic rings. The van der Waals surface area contributed by atoms with Crippen molar-refractivity contribution in [3.05, 3.63) is 59.2 Å². The minimum absolute atomic E-state index is 0.0330. The second-order valence-electron chi connectivity index (χ2n) is 6.52. The Labute approximate surface area is 126 Å². The Morgan fingerprint density at radius 1 is 1.19 bits per heavy atom. The van der Waals surface area contributed by atoms with E-state index < -0.39 is 0 Å². The summed E-state index contributed by atoms with van der Waals surface area (Å²) in [7, 11) is 1.74. The van der Waals surface area contributed by atoms with E-state index in [4.69, 9.17) is 4.74 Å². The molecular weight excluding hydrogens is 258 g/mol. The van der Waals surface area contributed by atoms with Crippen LogP contribution in [-0.2, 0) is 12.0 Å². The molecule has 2 aromatic carbocycles. The molecule has 1 aliphatic carbocycles. The first-order valence-electron chi connectivity index (χ1n) is 7.71. The largest absolute Gasteiger partial charge is 0.497 e. The van der Waals surface area contributed by atoms with Crippen molar-refractivity contribution >= 4 is 5.69 Å². The number of rotatable bonds is 2. The van der Waals surface area contributed by atoms with Gasteiger partial charge in [0.05, 0.1) is 12.6 Å². The maximum atomic E-state index is 5.43. The Hall–Kier alpha value is -1.96. The molecule has 0 fully saturated rings. The van der Waals surface area contributed by atoms with Crippen LogP contribution in [0.1, 0.15) is 36.5 Å². The van der Waals surface area contributed by atoms with Crippen molar-refractivity contribution in [3.63, 3.8) is 0 Å². The zero-order chi connectivity index (χ0) is 14.6. The summed E-state index contributed by atoms with van der Waals surface area (Å²) < 4.78 is 5.43. The van der Waals surface area contributed by atoms with E-state index in [-0.39, 0.29) is 5.54 Å². The van der Waals surface area contributed by atoms with Gasteiger partial charge in [-0.25, -0.2) is 0 Å². The summed E-state index contributed by atoms with van der Waals surface area (Å²) in [6.07, 6.45) is 1.11. The van der Waals surface area contributed by atoms with Crippen LogP contribution in [0.15, 0.2) is 42.5 Å². The molecule has 0 aromatic heterocycles. The lowest BCUT2D eigenvalue weighted by molar-refractivity contribution is 0.325. The van der Waals surface area contributed by atoms with E-state index in [1.807, 2.05) is 6.07 Å². The third-order valence-corrected chi connectivity index (χ3v) is 5.32. The van der Waals surface area contributed by atoms with Gasteiger partial charge in [0.1, 0.15) is 5.75 Å². The zero-order valence-corrected chi connectivity index (χ0v) is 12.8. The van der Waals surface area contributed by atoms with Crippen molar-refractivity contribution in [3.8, 4) is 5.75 Å². The lowest BCUT2D eigenvalue weighted by atomic mass is 9.75. The highest BCUT2D eigenvalue weighted by Crippen LogP contribution is 2.59. The van der Waals surface area contributed by atoms with E-state index in [1.165, 1.54) is 22.4 Å². The second kappa shape index (κ2) is 4.27. The van der Waals surface area contributed by atoms with Crippen LogP contribution in [0.2, 0.25) is 0 Å². The van der Waals surface area contributed by atoms with Crippen molar-refractivity contribution in [2.45, 2.75) is 31.7 Å². The van der Waals surface area contributed by atoms with Crippen molar-refractivity contribution < 1.29 is 4.74 Å². The number of benzene rings is 2. The maximum Gasteiger partial charge on any atom is 0.119 e. The number of fused-ring (bicyclic) bond motifs is 5. The highest BCUT2D eigenvalue weighted by atomic mass is 16.5. The van der Waals surface area contributed by atoms with Gasteiger partial charge >= 0.3 is 0 Å². The lowest BCUT2D eigenvalue weighted by Gasteiger charge is -2.36. The molecule has 0 radical (unpaired) electrons. The van der Waals surface area contributed by atoms with Gasteiger partial charge in [0.15, 0.2) is 0 Å². The molecule has 2 nitrogen and oxygen atoms in total. The van der Waals surface area contributed by atoms with Crippen LogP contribution in [0.5, 0.6) is 5.75 Å². The molecule has 2 heteroatoms. The molecule has 0 spiro atoms. The second-order valence-corrected chi connectivity index (χ2v) is 6.52. The quantitative estimate of drug-likeness (QED) is 0.884. The molecule has 0 bridgehead atoms. The van der Waals surface area contributed by atoms with Crippen LogP contribution in [0, 0.1) is 5.92 Å². The number of hydrogen-bond donors (Lipinski definition) is 1. The van der Waals surface area contributed by atoms with Crippen LogP contribution < -0.4 is 10.1 Å². The minimum Gasteiger partial charge on any atom is -0.497 e. The van der Waals surface area contributed by atoms with Crippen molar-refractivity contribution in [2.75, 3.05) is 12.4 Å². The first kappa shape index (κ1) is 12.8. The maximum absolute atomic E-state index is 5.43. The molecule has 1 N–H and O–H groups in total. The van der Waals surface area contributed by atoms with E-state index in [2.05, 4.69) is 55.6 Å². The molecule has 0 amide bonds. The van der Waals surface area contributed by atoms with E-state index in [9.17, 15) is 0 Å². The smallest absolute Gasteiger partial charge is 0.119 e. The van der Waals surface area contributed by atoms with E-state index in [0.29, 0.717) is 11.8 Å². The Kier molecular flexibility index (Phi) is 2.59. The average molecular weight is 279 g/mol. The summed E-state index contributed by atoms with van der Waals surface area (Å²) >= 11 is 0. The first-order chi connectivity index (χ1) is 10.2. The number of methoxy groups -OCH3 is 1. The van der Waals surface area contributed by atoms with Crippen LogP contribution in [0.25, 0.3) is 0 Å². The topological polar surface area (TPSA) is 21.3 Å². The Bertz CT molecular complexity index is 706. The highest BCUT2D eigenvalue weighted by molar-refractivity contribution is 5.68. The van der Waals surface area contributed by atoms with Crippen LogP contribution in [0.4, 0.5) is 5.69 Å². The van der Waals surface area contributed by atoms with Crippen molar-refractivity contribution in [2.24, 2.45) is 5.92 Å². The molecule has 0 saturated carbocycles. The van der Waals surface area contributed by atoms with E-state index >= 15 is 0 Å². The summed E-state index contributed by atoms with van der Waals surface area (Å²) in [6, 6.07) is 15.3. The normalized spacial score (nSPS) is 25.2. The molecule has 21 heavy (non-hydrogen) atoms. The standard InChI is InChI=1S/C19H21NO/c1-12(2)19-16-7-5-4-6-13(16)10-17(19)15-11-14(21-3)8-9-18(15)20-19/h4-9,11-12,17,20H,10H2,1-3H3/t17-,19-/m0/s1. The molecule has 108 valence electrons. The fraction of sp³-hybridized carbons (Fsp3) is 0.368. The fourth-order valence-electron chi connectivity index (χ4n) is 4.33. The zero-order valence-electron chi connectivity index (χ0n) is 12.8. The van der Waals surface area contributed by atoms with E-state index in [0.717, 1.165) is 12.2 Å². The first-order valence-corrected chi connectivity index (χ1v) is 7.71. The Balaban J connectivity index is 1.91. The predicted octanol–water partition coefficient (Wildman–Crippen LogP) is 4.31. The van der Waals surface area contributed by atoms with Gasteiger partial charge in [-0.1, -0.05) is 38.1 Å². The summed E-state index contributed by atoms with van der Waals surface area (Å²) in [6.45, 7) is 4.65. The summed E-state index contributed by atoms with van der Waals surface area (Å²) in [5.74, 6) is 1.98. The number of hydrogen-bond acceptors (Lipinski definition) is 2. The third-order valence-electron chi connectivity index (χ3n) is 5.32. The highest BCUT2D eigenvalue weighted by Gasteiger charge is 2.53. The molecule has 0 unspecified atom stereocenters. The molecular formula is C19H21NO.